The summed E-state index contributed by atoms with van der Waals surface area (Å²) < 4.78 is 33.6. The summed E-state index contributed by atoms with van der Waals surface area (Å²) in [4.78, 5) is 17.3. The number of nitrogens with zero attached hydrogens (tertiary/aromatic N) is 3. The Morgan fingerprint density at radius 2 is 1.58 bits per heavy atom. The summed E-state index contributed by atoms with van der Waals surface area (Å²) in [5, 5.41) is 0.199. The molecule has 7 nitrogen and oxygen atoms in total. The zero-order valence-corrected chi connectivity index (χ0v) is 21.8. The molecule has 0 saturated carbocycles. The monoisotopic (exact) mass is 527 g/mol. The first-order valence-corrected chi connectivity index (χ1v) is 13.7. The Kier molecular flexibility index (Phi) is 8.51. The molecule has 1 aliphatic rings. The molecule has 36 heavy (non-hydrogen) atoms. The highest BCUT2D eigenvalue weighted by atomic mass is 35.5. The largest absolute Gasteiger partial charge is 0.495 e. The molecule has 0 radical (unpaired) electrons. The zero-order chi connectivity index (χ0) is 25.5. The Balaban J connectivity index is 1.49. The standard InChI is InChI=1S/C27H30ClN3O4S/c1-35-26-13-12-24(20-25(26)28)36(33,34)31(15-14-22-8-4-2-5-9-22)21-27(32)30-18-16-29(17-19-30)23-10-6-3-7-11-23/h2-13,20H,14-19,21H2,1H3. The molecule has 1 saturated heterocycles. The summed E-state index contributed by atoms with van der Waals surface area (Å²) in [7, 11) is -2.50. The average Bonchev–Trinajstić information content (AvgIpc) is 2.92. The Morgan fingerprint density at radius 3 is 2.19 bits per heavy atom. The van der Waals surface area contributed by atoms with Gasteiger partial charge in [-0.05, 0) is 42.3 Å². The molecule has 0 aromatic heterocycles. The van der Waals surface area contributed by atoms with Crippen molar-refractivity contribution < 1.29 is 17.9 Å². The van der Waals surface area contributed by atoms with Crippen LogP contribution in [0, 0.1) is 0 Å². The van der Waals surface area contributed by atoms with Gasteiger partial charge in [0.25, 0.3) is 0 Å². The minimum atomic E-state index is -3.97. The number of ether oxygens (including phenoxy) is 1. The third kappa shape index (κ3) is 6.19. The predicted octanol–water partition coefficient (Wildman–Crippen LogP) is 3.93. The quantitative estimate of drug-likeness (QED) is 0.422. The number of benzene rings is 3. The van der Waals surface area contributed by atoms with E-state index in [-0.39, 0.29) is 28.9 Å². The lowest BCUT2D eigenvalue weighted by molar-refractivity contribution is -0.131. The zero-order valence-electron chi connectivity index (χ0n) is 20.2. The fourth-order valence-electron chi connectivity index (χ4n) is 4.24. The molecule has 9 heteroatoms. The van der Waals surface area contributed by atoms with Crippen LogP contribution >= 0.6 is 11.6 Å². The molecular formula is C27H30ClN3O4S. The molecule has 3 aromatic carbocycles. The van der Waals surface area contributed by atoms with Gasteiger partial charge in [-0.25, -0.2) is 8.42 Å². The summed E-state index contributed by atoms with van der Waals surface area (Å²) in [6, 6.07) is 24.0. The lowest BCUT2D eigenvalue weighted by Gasteiger charge is -2.37. The van der Waals surface area contributed by atoms with Crippen LogP contribution < -0.4 is 9.64 Å². The van der Waals surface area contributed by atoms with Crippen molar-refractivity contribution in [3.05, 3.63) is 89.4 Å². The van der Waals surface area contributed by atoms with Crippen molar-refractivity contribution in [2.24, 2.45) is 0 Å². The molecule has 190 valence electrons. The van der Waals surface area contributed by atoms with Gasteiger partial charge < -0.3 is 14.5 Å². The van der Waals surface area contributed by atoms with E-state index in [0.29, 0.717) is 38.3 Å². The topological polar surface area (TPSA) is 70.2 Å². The highest BCUT2D eigenvalue weighted by Crippen LogP contribution is 2.28. The molecule has 0 bridgehead atoms. The van der Waals surface area contributed by atoms with Crippen molar-refractivity contribution in [2.45, 2.75) is 11.3 Å². The van der Waals surface area contributed by atoms with Gasteiger partial charge in [0, 0.05) is 38.4 Å². The molecule has 0 N–H and O–H groups in total. The Labute approximate surface area is 217 Å². The number of amides is 1. The smallest absolute Gasteiger partial charge is 0.243 e. The van der Waals surface area contributed by atoms with E-state index in [4.69, 9.17) is 16.3 Å². The number of piperazine rings is 1. The van der Waals surface area contributed by atoms with Crippen molar-refractivity contribution in [1.29, 1.82) is 0 Å². The van der Waals surface area contributed by atoms with Gasteiger partial charge in [0.1, 0.15) is 5.75 Å². The van der Waals surface area contributed by atoms with Gasteiger partial charge in [0.15, 0.2) is 0 Å². The molecule has 0 unspecified atom stereocenters. The second kappa shape index (κ2) is 11.8. The maximum Gasteiger partial charge on any atom is 0.243 e. The van der Waals surface area contributed by atoms with Gasteiger partial charge in [0.2, 0.25) is 15.9 Å². The Hall–Kier alpha value is -3.07. The van der Waals surface area contributed by atoms with Crippen molar-refractivity contribution in [1.82, 2.24) is 9.21 Å². The third-order valence-corrected chi connectivity index (χ3v) is 8.46. The first kappa shape index (κ1) is 26.0. The normalized spacial score (nSPS) is 14.2. The molecule has 0 atom stereocenters. The first-order chi connectivity index (χ1) is 17.4. The van der Waals surface area contributed by atoms with Crippen molar-refractivity contribution >= 4 is 33.2 Å². The summed E-state index contributed by atoms with van der Waals surface area (Å²) >= 11 is 6.22. The molecule has 0 aliphatic carbocycles. The Bertz CT molecular complexity index is 1260. The highest BCUT2D eigenvalue weighted by Gasteiger charge is 2.30. The van der Waals surface area contributed by atoms with E-state index >= 15 is 0 Å². The molecular weight excluding hydrogens is 498 g/mol. The number of halogens is 1. The van der Waals surface area contributed by atoms with Gasteiger partial charge >= 0.3 is 0 Å². The maximum absolute atomic E-state index is 13.6. The number of carbonyl (C=O) groups is 1. The minimum Gasteiger partial charge on any atom is -0.495 e. The van der Waals surface area contributed by atoms with Gasteiger partial charge in [-0.2, -0.15) is 4.31 Å². The average molecular weight is 528 g/mol. The molecule has 1 amide bonds. The number of anilines is 1. The van der Waals surface area contributed by atoms with E-state index in [0.717, 1.165) is 11.3 Å². The molecule has 1 fully saturated rings. The van der Waals surface area contributed by atoms with Crippen LogP contribution in [0.15, 0.2) is 83.8 Å². The van der Waals surface area contributed by atoms with Crippen LogP contribution in [0.1, 0.15) is 5.56 Å². The summed E-state index contributed by atoms with van der Waals surface area (Å²) in [5.74, 6) is 0.178. The van der Waals surface area contributed by atoms with E-state index in [2.05, 4.69) is 17.0 Å². The highest BCUT2D eigenvalue weighted by molar-refractivity contribution is 7.89. The van der Waals surface area contributed by atoms with Crippen LogP contribution in [0.2, 0.25) is 5.02 Å². The van der Waals surface area contributed by atoms with Crippen molar-refractivity contribution in [3.63, 3.8) is 0 Å². The summed E-state index contributed by atoms with van der Waals surface area (Å²) in [6.07, 6.45) is 0.485. The van der Waals surface area contributed by atoms with Crippen LogP contribution in [0.5, 0.6) is 5.75 Å². The number of rotatable bonds is 9. The fraction of sp³-hybridized carbons (Fsp3) is 0.296. The van der Waals surface area contributed by atoms with Crippen molar-refractivity contribution in [2.75, 3.05) is 51.3 Å². The molecule has 1 aliphatic heterocycles. The van der Waals surface area contributed by atoms with E-state index < -0.39 is 10.0 Å². The van der Waals surface area contributed by atoms with E-state index in [1.165, 1.54) is 29.6 Å². The Morgan fingerprint density at radius 1 is 0.944 bits per heavy atom. The number of para-hydroxylation sites is 1. The summed E-state index contributed by atoms with van der Waals surface area (Å²) in [5.41, 5.74) is 2.11. The number of hydrogen-bond acceptors (Lipinski definition) is 5. The van der Waals surface area contributed by atoms with E-state index in [1.54, 1.807) is 4.90 Å². The van der Waals surface area contributed by atoms with Crippen LogP contribution in [0.4, 0.5) is 5.69 Å². The summed E-state index contributed by atoms with van der Waals surface area (Å²) in [6.45, 7) is 2.40. The number of hydrogen-bond donors (Lipinski definition) is 0. The predicted molar refractivity (Wildman–Crippen MR) is 142 cm³/mol. The fourth-order valence-corrected chi connectivity index (χ4v) is 5.98. The van der Waals surface area contributed by atoms with Gasteiger partial charge in [-0.1, -0.05) is 60.1 Å². The van der Waals surface area contributed by atoms with Crippen LogP contribution in [-0.2, 0) is 21.2 Å². The van der Waals surface area contributed by atoms with Crippen LogP contribution in [0.3, 0.4) is 0 Å². The van der Waals surface area contributed by atoms with E-state index in [1.807, 2.05) is 48.5 Å². The van der Waals surface area contributed by atoms with Crippen LogP contribution in [0.25, 0.3) is 0 Å². The lowest BCUT2D eigenvalue weighted by atomic mass is 10.1. The van der Waals surface area contributed by atoms with E-state index in [9.17, 15) is 13.2 Å². The second-order valence-corrected chi connectivity index (χ2v) is 10.9. The molecule has 3 aromatic rings. The van der Waals surface area contributed by atoms with Crippen LogP contribution in [-0.4, -0.2) is 69.9 Å². The first-order valence-electron chi connectivity index (χ1n) is 11.8. The maximum atomic E-state index is 13.6. The molecule has 4 rings (SSSR count). The number of methoxy groups -OCH3 is 1. The third-order valence-electron chi connectivity index (χ3n) is 6.32. The van der Waals surface area contributed by atoms with Gasteiger partial charge in [-0.3, -0.25) is 4.79 Å². The number of sulfonamides is 1. The van der Waals surface area contributed by atoms with Crippen molar-refractivity contribution in [3.8, 4) is 5.75 Å². The van der Waals surface area contributed by atoms with Gasteiger partial charge in [0.05, 0.1) is 23.6 Å². The SMILES string of the molecule is COc1ccc(S(=O)(=O)N(CCc2ccccc2)CC(=O)N2CCN(c3ccccc3)CC2)cc1Cl. The molecule has 1 heterocycles. The molecule has 0 spiro atoms. The second-order valence-electron chi connectivity index (χ2n) is 8.57. The minimum absolute atomic E-state index is 0.0306. The van der Waals surface area contributed by atoms with Gasteiger partial charge in [-0.15, -0.1) is 0 Å². The lowest BCUT2D eigenvalue weighted by Crippen LogP contribution is -2.52. The number of carbonyl (C=O) groups excluding carboxylic acids is 1.